The van der Waals surface area contributed by atoms with E-state index in [4.69, 9.17) is 5.73 Å². The molecule has 1 aliphatic carbocycles. The molecule has 23 heavy (non-hydrogen) atoms. The first-order valence-corrected chi connectivity index (χ1v) is 7.41. The first kappa shape index (κ1) is 17.3. The zero-order valence-corrected chi connectivity index (χ0v) is 13.8. The molecule has 0 aliphatic heterocycles. The minimum absolute atomic E-state index is 0. The van der Waals surface area contributed by atoms with Crippen molar-refractivity contribution in [3.8, 4) is 0 Å². The molecule has 2 aromatic rings. The number of anilines is 1. The summed E-state index contributed by atoms with van der Waals surface area (Å²) in [6, 6.07) is 11.9. The molecule has 0 heterocycles. The van der Waals surface area contributed by atoms with Gasteiger partial charge in [-0.1, -0.05) is 18.2 Å². The van der Waals surface area contributed by atoms with Crippen LogP contribution in [-0.2, 0) is 5.41 Å². The van der Waals surface area contributed by atoms with Crippen LogP contribution in [0, 0.1) is 12.7 Å². The number of hydrogen-bond acceptors (Lipinski definition) is 2. The molecule has 122 valence electrons. The SMILES string of the molecule is Cc1ccc(N)cc1C(=O)NCC1(c2cccc(F)c2)CC1.Cl. The molecule has 3 N–H and O–H groups in total. The predicted octanol–water partition coefficient (Wildman–Crippen LogP) is 3.60. The molecular weight excluding hydrogens is 315 g/mol. The summed E-state index contributed by atoms with van der Waals surface area (Å²) in [4.78, 5) is 12.3. The van der Waals surface area contributed by atoms with Gasteiger partial charge in [-0.05, 0) is 55.2 Å². The highest BCUT2D eigenvalue weighted by molar-refractivity contribution is 5.96. The van der Waals surface area contributed by atoms with Crippen LogP contribution in [-0.4, -0.2) is 12.5 Å². The van der Waals surface area contributed by atoms with Crippen LogP contribution < -0.4 is 11.1 Å². The van der Waals surface area contributed by atoms with Crippen LogP contribution in [0.5, 0.6) is 0 Å². The van der Waals surface area contributed by atoms with Gasteiger partial charge in [0.2, 0.25) is 0 Å². The first-order valence-electron chi connectivity index (χ1n) is 7.41. The van der Waals surface area contributed by atoms with Gasteiger partial charge in [-0.15, -0.1) is 12.4 Å². The molecule has 0 spiro atoms. The van der Waals surface area contributed by atoms with Gasteiger partial charge < -0.3 is 11.1 Å². The number of nitrogens with two attached hydrogens (primary N) is 1. The Morgan fingerprint density at radius 2 is 2.00 bits per heavy atom. The van der Waals surface area contributed by atoms with Crippen LogP contribution >= 0.6 is 12.4 Å². The number of hydrogen-bond donors (Lipinski definition) is 2. The van der Waals surface area contributed by atoms with E-state index in [1.807, 2.05) is 19.1 Å². The zero-order chi connectivity index (χ0) is 15.7. The van der Waals surface area contributed by atoms with E-state index in [-0.39, 0.29) is 29.5 Å². The molecule has 1 saturated carbocycles. The van der Waals surface area contributed by atoms with Gasteiger partial charge in [0, 0.05) is 23.2 Å². The number of carbonyl (C=O) groups is 1. The van der Waals surface area contributed by atoms with Crippen molar-refractivity contribution in [1.29, 1.82) is 0 Å². The van der Waals surface area contributed by atoms with Gasteiger partial charge in [0.25, 0.3) is 5.91 Å². The summed E-state index contributed by atoms with van der Waals surface area (Å²) in [5, 5.41) is 2.97. The maximum absolute atomic E-state index is 13.4. The number of nitrogens with one attached hydrogen (secondary N) is 1. The normalized spacial score (nSPS) is 14.7. The summed E-state index contributed by atoms with van der Waals surface area (Å²) in [5.41, 5.74) is 8.64. The minimum atomic E-state index is -0.234. The number of benzene rings is 2. The van der Waals surface area contributed by atoms with Crippen molar-refractivity contribution in [3.63, 3.8) is 0 Å². The Morgan fingerprint density at radius 1 is 1.26 bits per heavy atom. The molecule has 0 atom stereocenters. The molecular formula is C18H20ClFN2O. The highest BCUT2D eigenvalue weighted by atomic mass is 35.5. The molecule has 3 nitrogen and oxygen atoms in total. The smallest absolute Gasteiger partial charge is 0.251 e. The molecule has 0 unspecified atom stereocenters. The topological polar surface area (TPSA) is 55.1 Å². The Bertz CT molecular complexity index is 729. The lowest BCUT2D eigenvalue weighted by molar-refractivity contribution is 0.0949. The molecule has 0 saturated heterocycles. The third-order valence-electron chi connectivity index (χ3n) is 4.38. The van der Waals surface area contributed by atoms with Gasteiger partial charge in [-0.2, -0.15) is 0 Å². The lowest BCUT2D eigenvalue weighted by Gasteiger charge is -2.17. The summed E-state index contributed by atoms with van der Waals surface area (Å²) in [6.45, 7) is 2.40. The summed E-state index contributed by atoms with van der Waals surface area (Å²) in [5.74, 6) is -0.366. The van der Waals surface area contributed by atoms with Crippen molar-refractivity contribution in [2.75, 3.05) is 12.3 Å². The predicted molar refractivity (Wildman–Crippen MR) is 92.5 cm³/mol. The van der Waals surface area contributed by atoms with E-state index in [2.05, 4.69) is 5.32 Å². The Morgan fingerprint density at radius 3 is 2.65 bits per heavy atom. The minimum Gasteiger partial charge on any atom is -0.399 e. The van der Waals surface area contributed by atoms with Gasteiger partial charge in [0.15, 0.2) is 0 Å². The van der Waals surface area contributed by atoms with Crippen molar-refractivity contribution in [2.24, 2.45) is 0 Å². The van der Waals surface area contributed by atoms with Crippen molar-refractivity contribution in [1.82, 2.24) is 5.32 Å². The molecule has 1 fully saturated rings. The van der Waals surface area contributed by atoms with Crippen molar-refractivity contribution in [3.05, 3.63) is 65.0 Å². The molecule has 0 radical (unpaired) electrons. The van der Waals surface area contributed by atoms with E-state index in [9.17, 15) is 9.18 Å². The van der Waals surface area contributed by atoms with Gasteiger partial charge in [0.05, 0.1) is 0 Å². The molecule has 3 rings (SSSR count). The fourth-order valence-electron chi connectivity index (χ4n) is 2.77. The lowest BCUT2D eigenvalue weighted by atomic mass is 9.95. The van der Waals surface area contributed by atoms with Gasteiger partial charge in [0.1, 0.15) is 5.82 Å². The maximum atomic E-state index is 13.4. The Balaban J connectivity index is 0.00000192. The third-order valence-corrected chi connectivity index (χ3v) is 4.38. The largest absolute Gasteiger partial charge is 0.399 e. The van der Waals surface area contributed by atoms with Gasteiger partial charge in [-0.25, -0.2) is 4.39 Å². The summed E-state index contributed by atoms with van der Waals surface area (Å²) in [7, 11) is 0. The van der Waals surface area contributed by atoms with Gasteiger partial charge >= 0.3 is 0 Å². The molecule has 0 aromatic heterocycles. The zero-order valence-electron chi connectivity index (χ0n) is 12.9. The van der Waals surface area contributed by atoms with E-state index >= 15 is 0 Å². The van der Waals surface area contributed by atoms with Gasteiger partial charge in [-0.3, -0.25) is 4.79 Å². The second-order valence-corrected chi connectivity index (χ2v) is 6.05. The number of halogens is 2. The average Bonchev–Trinajstić information content (AvgIpc) is 3.28. The Labute approximate surface area is 141 Å². The summed E-state index contributed by atoms with van der Waals surface area (Å²) in [6.07, 6.45) is 1.93. The highest BCUT2D eigenvalue weighted by Gasteiger charge is 2.44. The average molecular weight is 335 g/mol. The van der Waals surface area contributed by atoms with Crippen LogP contribution in [0.3, 0.4) is 0 Å². The number of carbonyl (C=O) groups excluding carboxylic acids is 1. The second kappa shape index (κ2) is 6.59. The van der Waals surface area contributed by atoms with Crippen LogP contribution in [0.25, 0.3) is 0 Å². The van der Waals surface area contributed by atoms with E-state index in [1.165, 1.54) is 6.07 Å². The quantitative estimate of drug-likeness (QED) is 0.839. The molecule has 1 amide bonds. The summed E-state index contributed by atoms with van der Waals surface area (Å²) >= 11 is 0. The molecule has 5 heteroatoms. The van der Waals surface area contributed by atoms with Crippen LogP contribution in [0.15, 0.2) is 42.5 Å². The van der Waals surface area contributed by atoms with Crippen LogP contribution in [0.2, 0.25) is 0 Å². The lowest BCUT2D eigenvalue weighted by Crippen LogP contribution is -2.32. The fraction of sp³-hybridized carbons (Fsp3) is 0.278. The fourth-order valence-corrected chi connectivity index (χ4v) is 2.77. The monoisotopic (exact) mass is 334 g/mol. The van der Waals surface area contributed by atoms with Crippen molar-refractivity contribution >= 4 is 24.0 Å². The Hall–Kier alpha value is -2.07. The molecule has 1 aliphatic rings. The van der Waals surface area contributed by atoms with Crippen molar-refractivity contribution < 1.29 is 9.18 Å². The Kier molecular flexibility index (Phi) is 4.95. The van der Waals surface area contributed by atoms with E-state index < -0.39 is 0 Å². The summed E-state index contributed by atoms with van der Waals surface area (Å²) < 4.78 is 13.4. The van der Waals surface area contributed by atoms with Crippen molar-refractivity contribution in [2.45, 2.75) is 25.2 Å². The molecule has 2 aromatic carbocycles. The standard InChI is InChI=1S/C18H19FN2O.ClH/c1-12-5-6-15(20)10-16(12)17(22)21-11-18(7-8-18)13-3-2-4-14(19)9-13;/h2-6,9-10H,7-8,11,20H2,1H3,(H,21,22);1H. The number of nitrogen functional groups attached to an aromatic ring is 1. The van der Waals surface area contributed by atoms with E-state index in [0.717, 1.165) is 24.0 Å². The maximum Gasteiger partial charge on any atom is 0.251 e. The number of amides is 1. The van der Waals surface area contributed by atoms with Crippen LogP contribution in [0.4, 0.5) is 10.1 Å². The van der Waals surface area contributed by atoms with E-state index in [1.54, 1.807) is 24.3 Å². The second-order valence-electron chi connectivity index (χ2n) is 6.05. The highest BCUT2D eigenvalue weighted by Crippen LogP contribution is 2.47. The van der Waals surface area contributed by atoms with Crippen LogP contribution in [0.1, 0.15) is 34.3 Å². The third kappa shape index (κ3) is 3.64. The van der Waals surface area contributed by atoms with E-state index in [0.29, 0.717) is 17.8 Å². The molecule has 0 bridgehead atoms. The first-order chi connectivity index (χ1) is 10.5. The number of aryl methyl sites for hydroxylation is 1. The number of rotatable bonds is 4.